The number of carbonyl (C=O) groups excluding carboxylic acids is 1. The summed E-state index contributed by atoms with van der Waals surface area (Å²) in [6.07, 6.45) is 5.13. The second kappa shape index (κ2) is 3.33. The van der Waals surface area contributed by atoms with Crippen LogP contribution in [0.1, 0.15) is 29.5 Å². The first-order valence-electron chi connectivity index (χ1n) is 4.69. The number of phenolic OH excluding ortho intramolecular Hbond substituents is 2. The molecule has 1 aromatic rings. The number of rotatable bonds is 1. The third kappa shape index (κ3) is 1.25. The molecule has 0 unspecified atom stereocenters. The molecule has 2 rings (SSSR count). The maximum Gasteiger partial charge on any atom is 0.237 e. The molecule has 0 heterocycles. The molecule has 0 saturated heterocycles. The van der Waals surface area contributed by atoms with Crippen molar-refractivity contribution in [1.29, 1.82) is 0 Å². The molecule has 0 saturated carbocycles. The lowest BCUT2D eigenvalue weighted by molar-refractivity contribution is 0.437. The van der Waals surface area contributed by atoms with Crippen LogP contribution in [0.4, 0.5) is 0 Å². The van der Waals surface area contributed by atoms with Gasteiger partial charge in [0, 0.05) is 11.1 Å². The van der Waals surface area contributed by atoms with Crippen molar-refractivity contribution in [3.8, 4) is 11.5 Å². The fraction of sp³-hybridized carbons (Fsp3) is 0.364. The van der Waals surface area contributed by atoms with Gasteiger partial charge in [-0.3, -0.25) is 4.79 Å². The van der Waals surface area contributed by atoms with Gasteiger partial charge in [0.2, 0.25) is 6.29 Å². The highest BCUT2D eigenvalue weighted by Gasteiger charge is 2.19. The van der Waals surface area contributed by atoms with Crippen LogP contribution in [0.5, 0.6) is 11.5 Å². The Bertz CT molecular complexity index is 383. The molecule has 0 spiro atoms. The Hall–Kier alpha value is -1.51. The first kappa shape index (κ1) is 9.06. The Morgan fingerprint density at radius 3 is 2.43 bits per heavy atom. The van der Waals surface area contributed by atoms with Gasteiger partial charge in [0.15, 0.2) is 0 Å². The Labute approximate surface area is 82.0 Å². The standard InChI is InChI=1S/C11H11O3/c12-6-7-5-10(13)8-3-1-2-4-9(8)11(7)14/h5,13-14H,1-4H2. The highest BCUT2D eigenvalue weighted by molar-refractivity contribution is 5.82. The molecule has 0 bridgehead atoms. The van der Waals surface area contributed by atoms with E-state index >= 15 is 0 Å². The zero-order valence-corrected chi connectivity index (χ0v) is 7.71. The van der Waals surface area contributed by atoms with Crippen molar-refractivity contribution in [1.82, 2.24) is 0 Å². The summed E-state index contributed by atoms with van der Waals surface area (Å²) in [4.78, 5) is 10.5. The zero-order chi connectivity index (χ0) is 10.1. The van der Waals surface area contributed by atoms with Gasteiger partial charge in [-0.05, 0) is 31.7 Å². The van der Waals surface area contributed by atoms with Crippen LogP contribution in [-0.2, 0) is 17.6 Å². The molecule has 0 aliphatic heterocycles. The molecular weight excluding hydrogens is 180 g/mol. The molecule has 14 heavy (non-hydrogen) atoms. The van der Waals surface area contributed by atoms with Crippen molar-refractivity contribution in [2.75, 3.05) is 0 Å². The van der Waals surface area contributed by atoms with Gasteiger partial charge < -0.3 is 10.2 Å². The van der Waals surface area contributed by atoms with Crippen LogP contribution in [0.2, 0.25) is 0 Å². The lowest BCUT2D eigenvalue weighted by atomic mass is 9.89. The topological polar surface area (TPSA) is 57.5 Å². The number of fused-ring (bicyclic) bond motifs is 1. The SMILES string of the molecule is O=[C]c1cc(O)c2c(c1O)CCCC2. The lowest BCUT2D eigenvalue weighted by Crippen LogP contribution is -2.04. The summed E-state index contributed by atoms with van der Waals surface area (Å²) in [5.41, 5.74) is 1.56. The van der Waals surface area contributed by atoms with Crippen molar-refractivity contribution in [3.05, 3.63) is 22.8 Å². The highest BCUT2D eigenvalue weighted by Crippen LogP contribution is 2.36. The molecule has 0 amide bonds. The summed E-state index contributed by atoms with van der Waals surface area (Å²) < 4.78 is 0. The molecule has 1 aliphatic carbocycles. The van der Waals surface area contributed by atoms with Crippen LogP contribution >= 0.6 is 0 Å². The monoisotopic (exact) mass is 191 g/mol. The normalized spacial score (nSPS) is 14.9. The molecule has 0 aromatic heterocycles. The van der Waals surface area contributed by atoms with Gasteiger partial charge >= 0.3 is 0 Å². The molecule has 1 aliphatic rings. The number of aromatic hydroxyl groups is 2. The van der Waals surface area contributed by atoms with E-state index in [0.29, 0.717) is 0 Å². The van der Waals surface area contributed by atoms with E-state index in [-0.39, 0.29) is 17.1 Å². The Morgan fingerprint density at radius 2 is 1.79 bits per heavy atom. The molecule has 73 valence electrons. The molecular formula is C11H11O3. The minimum Gasteiger partial charge on any atom is -0.508 e. The van der Waals surface area contributed by atoms with Gasteiger partial charge in [-0.25, -0.2) is 0 Å². The van der Waals surface area contributed by atoms with E-state index in [1.807, 2.05) is 0 Å². The molecule has 0 fully saturated rings. The van der Waals surface area contributed by atoms with E-state index in [4.69, 9.17) is 0 Å². The number of hydrogen-bond donors (Lipinski definition) is 2. The fourth-order valence-electron chi connectivity index (χ4n) is 1.98. The average Bonchev–Trinajstić information content (AvgIpc) is 2.23. The quantitative estimate of drug-likeness (QED) is 0.660. The Balaban J connectivity index is 2.64. The van der Waals surface area contributed by atoms with Crippen LogP contribution in [-0.4, -0.2) is 16.5 Å². The van der Waals surface area contributed by atoms with Gasteiger partial charge in [-0.2, -0.15) is 0 Å². The summed E-state index contributed by atoms with van der Waals surface area (Å²) in [6.45, 7) is 0. The summed E-state index contributed by atoms with van der Waals surface area (Å²) in [5.74, 6) is 0.100. The minimum atomic E-state index is -0.00694. The second-order valence-corrected chi connectivity index (χ2v) is 3.56. The highest BCUT2D eigenvalue weighted by atomic mass is 16.3. The predicted molar refractivity (Wildman–Crippen MR) is 51.2 cm³/mol. The van der Waals surface area contributed by atoms with E-state index in [1.54, 1.807) is 6.29 Å². The van der Waals surface area contributed by atoms with E-state index in [9.17, 15) is 15.0 Å². The van der Waals surface area contributed by atoms with Gasteiger partial charge in [0.25, 0.3) is 0 Å². The first-order chi connectivity index (χ1) is 6.74. The van der Waals surface area contributed by atoms with Gasteiger partial charge in [-0.1, -0.05) is 0 Å². The van der Waals surface area contributed by atoms with E-state index < -0.39 is 0 Å². The van der Waals surface area contributed by atoms with E-state index in [0.717, 1.165) is 36.8 Å². The van der Waals surface area contributed by atoms with Crippen molar-refractivity contribution in [3.63, 3.8) is 0 Å². The molecule has 1 aromatic carbocycles. The first-order valence-corrected chi connectivity index (χ1v) is 4.69. The molecule has 2 N–H and O–H groups in total. The predicted octanol–water partition coefficient (Wildman–Crippen LogP) is 1.43. The van der Waals surface area contributed by atoms with E-state index in [2.05, 4.69) is 0 Å². The average molecular weight is 191 g/mol. The van der Waals surface area contributed by atoms with Crippen molar-refractivity contribution >= 4 is 6.29 Å². The van der Waals surface area contributed by atoms with Gasteiger partial charge in [-0.15, -0.1) is 0 Å². The smallest absolute Gasteiger partial charge is 0.237 e. The number of phenols is 2. The Morgan fingerprint density at radius 1 is 1.14 bits per heavy atom. The zero-order valence-electron chi connectivity index (χ0n) is 7.71. The summed E-state index contributed by atoms with van der Waals surface area (Å²) in [6, 6.07) is 1.28. The lowest BCUT2D eigenvalue weighted by Gasteiger charge is -2.18. The third-order valence-electron chi connectivity index (χ3n) is 2.71. The number of hydrogen-bond acceptors (Lipinski definition) is 3. The van der Waals surface area contributed by atoms with Crippen molar-refractivity contribution in [2.45, 2.75) is 25.7 Å². The molecule has 0 atom stereocenters. The van der Waals surface area contributed by atoms with Crippen LogP contribution in [0.15, 0.2) is 6.07 Å². The van der Waals surface area contributed by atoms with Crippen LogP contribution in [0, 0.1) is 0 Å². The summed E-state index contributed by atoms with van der Waals surface area (Å²) in [5, 5.41) is 19.3. The molecule has 3 heteroatoms. The van der Waals surface area contributed by atoms with Crippen LogP contribution in [0.25, 0.3) is 0 Å². The maximum absolute atomic E-state index is 10.5. The van der Waals surface area contributed by atoms with Crippen LogP contribution < -0.4 is 0 Å². The van der Waals surface area contributed by atoms with Gasteiger partial charge in [0.05, 0.1) is 5.56 Å². The third-order valence-corrected chi connectivity index (χ3v) is 2.71. The largest absolute Gasteiger partial charge is 0.508 e. The second-order valence-electron chi connectivity index (χ2n) is 3.56. The van der Waals surface area contributed by atoms with Crippen molar-refractivity contribution < 1.29 is 15.0 Å². The molecule has 1 radical (unpaired) electrons. The van der Waals surface area contributed by atoms with Crippen LogP contribution in [0.3, 0.4) is 0 Å². The van der Waals surface area contributed by atoms with Crippen molar-refractivity contribution in [2.24, 2.45) is 0 Å². The maximum atomic E-state index is 10.5. The fourth-order valence-corrected chi connectivity index (χ4v) is 1.98. The summed E-state index contributed by atoms with van der Waals surface area (Å²) >= 11 is 0. The number of benzene rings is 1. The minimum absolute atomic E-state index is 0.00694. The van der Waals surface area contributed by atoms with Gasteiger partial charge in [0.1, 0.15) is 11.5 Å². The summed E-state index contributed by atoms with van der Waals surface area (Å²) in [7, 11) is 0. The Kier molecular flexibility index (Phi) is 2.15. The molecule has 3 nitrogen and oxygen atoms in total. The van der Waals surface area contributed by atoms with E-state index in [1.165, 1.54) is 6.07 Å².